The molecule has 1 fully saturated rings. The predicted molar refractivity (Wildman–Crippen MR) is 73.2 cm³/mol. The molecule has 0 spiro atoms. The van der Waals surface area contributed by atoms with Crippen molar-refractivity contribution in [2.75, 3.05) is 31.1 Å². The highest BCUT2D eigenvalue weighted by atomic mass is 16.5. The van der Waals surface area contributed by atoms with Gasteiger partial charge in [0.1, 0.15) is 5.75 Å². The van der Waals surface area contributed by atoms with Crippen LogP contribution in [0.25, 0.3) is 0 Å². The molecule has 2 N–H and O–H groups in total. The second kappa shape index (κ2) is 6.07. The number of anilines is 1. The Kier molecular flexibility index (Phi) is 4.44. The van der Waals surface area contributed by atoms with E-state index in [2.05, 4.69) is 24.0 Å². The molecule has 0 aromatic heterocycles. The zero-order valence-electron chi connectivity index (χ0n) is 11.1. The maximum Gasteiger partial charge on any atom is 0.119 e. The molecule has 1 heterocycles. The fraction of sp³-hybridized carbons (Fsp3) is 0.571. The summed E-state index contributed by atoms with van der Waals surface area (Å²) >= 11 is 0. The van der Waals surface area contributed by atoms with Crippen molar-refractivity contribution < 1.29 is 9.47 Å². The van der Waals surface area contributed by atoms with E-state index in [-0.39, 0.29) is 12.2 Å². The number of hydrogen-bond donors (Lipinski definition) is 1. The SMILES string of the molecule is CCOc1ccc(N2CC(C)OC(CN)C2)cc1. The van der Waals surface area contributed by atoms with Gasteiger partial charge in [0.15, 0.2) is 0 Å². The molecule has 18 heavy (non-hydrogen) atoms. The molecule has 1 aromatic rings. The second-order valence-corrected chi connectivity index (χ2v) is 4.64. The largest absolute Gasteiger partial charge is 0.494 e. The average molecular weight is 250 g/mol. The summed E-state index contributed by atoms with van der Waals surface area (Å²) in [6, 6.07) is 8.21. The number of nitrogens with two attached hydrogens (primary N) is 1. The van der Waals surface area contributed by atoms with Gasteiger partial charge in [-0.1, -0.05) is 0 Å². The lowest BCUT2D eigenvalue weighted by Gasteiger charge is -2.37. The normalized spacial score (nSPS) is 24.1. The Hall–Kier alpha value is -1.26. The molecular weight excluding hydrogens is 228 g/mol. The van der Waals surface area contributed by atoms with E-state index in [0.717, 1.165) is 18.8 Å². The number of nitrogens with zero attached hydrogens (tertiary/aromatic N) is 1. The van der Waals surface area contributed by atoms with Crippen LogP contribution in [-0.2, 0) is 4.74 Å². The van der Waals surface area contributed by atoms with Gasteiger partial charge in [0, 0.05) is 25.3 Å². The fourth-order valence-corrected chi connectivity index (χ4v) is 2.31. The molecular formula is C14H22N2O2. The minimum atomic E-state index is 0.125. The van der Waals surface area contributed by atoms with E-state index in [0.29, 0.717) is 13.2 Å². The minimum absolute atomic E-state index is 0.125. The van der Waals surface area contributed by atoms with Gasteiger partial charge in [-0.2, -0.15) is 0 Å². The summed E-state index contributed by atoms with van der Waals surface area (Å²) in [5.74, 6) is 0.915. The second-order valence-electron chi connectivity index (χ2n) is 4.64. The zero-order valence-corrected chi connectivity index (χ0v) is 11.1. The molecule has 2 rings (SSSR count). The molecule has 0 bridgehead atoms. The molecule has 4 nitrogen and oxygen atoms in total. The van der Waals surface area contributed by atoms with E-state index in [1.807, 2.05) is 19.1 Å². The van der Waals surface area contributed by atoms with Gasteiger partial charge in [-0.15, -0.1) is 0 Å². The Balaban J connectivity index is 2.05. The third-order valence-corrected chi connectivity index (χ3v) is 3.10. The molecule has 1 aliphatic rings. The molecule has 0 amide bonds. The smallest absolute Gasteiger partial charge is 0.119 e. The van der Waals surface area contributed by atoms with Crippen molar-refractivity contribution in [2.45, 2.75) is 26.1 Å². The van der Waals surface area contributed by atoms with Crippen LogP contribution in [0, 0.1) is 0 Å². The fourth-order valence-electron chi connectivity index (χ4n) is 2.31. The van der Waals surface area contributed by atoms with Crippen molar-refractivity contribution in [3.8, 4) is 5.75 Å². The van der Waals surface area contributed by atoms with E-state index in [1.54, 1.807) is 0 Å². The highest BCUT2D eigenvalue weighted by Gasteiger charge is 2.24. The topological polar surface area (TPSA) is 47.7 Å². The number of hydrogen-bond acceptors (Lipinski definition) is 4. The van der Waals surface area contributed by atoms with E-state index in [9.17, 15) is 0 Å². The van der Waals surface area contributed by atoms with Crippen molar-refractivity contribution in [3.63, 3.8) is 0 Å². The molecule has 0 saturated carbocycles. The van der Waals surface area contributed by atoms with Gasteiger partial charge in [-0.3, -0.25) is 0 Å². The summed E-state index contributed by atoms with van der Waals surface area (Å²) in [6.07, 6.45) is 0.346. The molecule has 4 heteroatoms. The third kappa shape index (κ3) is 3.15. The van der Waals surface area contributed by atoms with Crippen molar-refractivity contribution in [3.05, 3.63) is 24.3 Å². The maximum absolute atomic E-state index is 5.76. The molecule has 1 aliphatic heterocycles. The Labute approximate surface area is 109 Å². The predicted octanol–water partition coefficient (Wildman–Crippen LogP) is 1.64. The summed E-state index contributed by atoms with van der Waals surface area (Å²) in [5.41, 5.74) is 6.90. The average Bonchev–Trinajstić information content (AvgIpc) is 2.39. The number of benzene rings is 1. The summed E-state index contributed by atoms with van der Waals surface area (Å²) < 4.78 is 11.2. The van der Waals surface area contributed by atoms with Gasteiger partial charge in [-0.25, -0.2) is 0 Å². The van der Waals surface area contributed by atoms with Gasteiger partial charge in [-0.05, 0) is 38.1 Å². The van der Waals surface area contributed by atoms with Crippen LogP contribution in [0.1, 0.15) is 13.8 Å². The third-order valence-electron chi connectivity index (χ3n) is 3.10. The van der Waals surface area contributed by atoms with E-state index >= 15 is 0 Å². The van der Waals surface area contributed by atoms with Crippen LogP contribution in [0.15, 0.2) is 24.3 Å². The summed E-state index contributed by atoms with van der Waals surface area (Å²) in [7, 11) is 0. The Morgan fingerprint density at radius 1 is 1.33 bits per heavy atom. The number of rotatable bonds is 4. The highest BCUT2D eigenvalue weighted by Crippen LogP contribution is 2.23. The molecule has 2 atom stereocenters. The van der Waals surface area contributed by atoms with E-state index < -0.39 is 0 Å². The first kappa shape index (κ1) is 13.2. The lowest BCUT2D eigenvalue weighted by molar-refractivity contribution is -0.0104. The van der Waals surface area contributed by atoms with Crippen LogP contribution in [0.4, 0.5) is 5.69 Å². The van der Waals surface area contributed by atoms with Crippen LogP contribution in [0.5, 0.6) is 5.75 Å². The number of morpholine rings is 1. The van der Waals surface area contributed by atoms with E-state index in [1.165, 1.54) is 5.69 Å². The van der Waals surface area contributed by atoms with Crippen molar-refractivity contribution >= 4 is 5.69 Å². The van der Waals surface area contributed by atoms with Gasteiger partial charge < -0.3 is 20.1 Å². The first-order valence-corrected chi connectivity index (χ1v) is 6.56. The molecule has 0 radical (unpaired) electrons. The first-order chi connectivity index (χ1) is 8.72. The van der Waals surface area contributed by atoms with Gasteiger partial charge >= 0.3 is 0 Å². The van der Waals surface area contributed by atoms with Crippen molar-refractivity contribution in [1.29, 1.82) is 0 Å². The summed E-state index contributed by atoms with van der Waals surface area (Å²) in [5, 5.41) is 0. The quantitative estimate of drug-likeness (QED) is 0.882. The molecule has 0 aliphatic carbocycles. The van der Waals surface area contributed by atoms with Crippen LogP contribution >= 0.6 is 0 Å². The monoisotopic (exact) mass is 250 g/mol. The highest BCUT2D eigenvalue weighted by molar-refractivity contribution is 5.49. The van der Waals surface area contributed by atoms with Crippen LogP contribution in [0.2, 0.25) is 0 Å². The Morgan fingerprint density at radius 3 is 2.67 bits per heavy atom. The molecule has 100 valence electrons. The lowest BCUT2D eigenvalue weighted by atomic mass is 10.2. The lowest BCUT2D eigenvalue weighted by Crippen LogP contribution is -2.49. The van der Waals surface area contributed by atoms with Gasteiger partial charge in [0.05, 0.1) is 18.8 Å². The van der Waals surface area contributed by atoms with E-state index in [4.69, 9.17) is 15.2 Å². The molecule has 2 unspecified atom stereocenters. The van der Waals surface area contributed by atoms with Crippen molar-refractivity contribution in [2.24, 2.45) is 5.73 Å². The van der Waals surface area contributed by atoms with Crippen LogP contribution in [0.3, 0.4) is 0 Å². The Morgan fingerprint density at radius 2 is 2.06 bits per heavy atom. The maximum atomic E-state index is 5.76. The molecule has 1 saturated heterocycles. The van der Waals surface area contributed by atoms with Crippen LogP contribution in [-0.4, -0.2) is 38.4 Å². The van der Waals surface area contributed by atoms with Gasteiger partial charge in [0.2, 0.25) is 0 Å². The van der Waals surface area contributed by atoms with Gasteiger partial charge in [0.25, 0.3) is 0 Å². The number of ether oxygens (including phenoxy) is 2. The van der Waals surface area contributed by atoms with Crippen molar-refractivity contribution in [1.82, 2.24) is 0 Å². The zero-order chi connectivity index (χ0) is 13.0. The standard InChI is InChI=1S/C14H22N2O2/c1-3-17-13-6-4-12(5-7-13)16-9-11(2)18-14(8-15)10-16/h4-7,11,14H,3,8-10,15H2,1-2H3. The summed E-state index contributed by atoms with van der Waals surface area (Å²) in [6.45, 7) is 7.10. The van der Waals surface area contributed by atoms with Crippen LogP contribution < -0.4 is 15.4 Å². The minimum Gasteiger partial charge on any atom is -0.494 e. The summed E-state index contributed by atoms with van der Waals surface area (Å²) in [4.78, 5) is 2.32. The Bertz CT molecular complexity index is 367. The first-order valence-electron chi connectivity index (χ1n) is 6.56. The molecule has 1 aromatic carbocycles.